The summed E-state index contributed by atoms with van der Waals surface area (Å²) in [6.45, 7) is 3.79. The van der Waals surface area contributed by atoms with Gasteiger partial charge in [-0.2, -0.15) is 0 Å². The molecule has 176 valence electrons. The Kier molecular flexibility index (Phi) is 7.53. The topological polar surface area (TPSA) is 48.8 Å². The van der Waals surface area contributed by atoms with E-state index in [9.17, 15) is 0 Å². The number of halogens is 3. The maximum absolute atomic E-state index is 6.53. The summed E-state index contributed by atoms with van der Waals surface area (Å²) in [4.78, 5) is 6.21. The summed E-state index contributed by atoms with van der Waals surface area (Å²) in [6.07, 6.45) is 4.94. The fraction of sp³-hybridized carbons (Fsp3) is 0.375. The Morgan fingerprint density at radius 2 is 2.00 bits per heavy atom. The van der Waals surface area contributed by atoms with Gasteiger partial charge in [0.15, 0.2) is 0 Å². The molecule has 33 heavy (non-hydrogen) atoms. The van der Waals surface area contributed by atoms with Crippen LogP contribution in [0.2, 0.25) is 15.1 Å². The molecule has 0 radical (unpaired) electrons. The van der Waals surface area contributed by atoms with Gasteiger partial charge in [-0.25, -0.2) is 4.98 Å². The minimum absolute atomic E-state index is 0.282. The third-order valence-electron chi connectivity index (χ3n) is 5.35. The van der Waals surface area contributed by atoms with E-state index in [1.807, 2.05) is 43.9 Å². The van der Waals surface area contributed by atoms with Crippen molar-refractivity contribution in [2.75, 3.05) is 27.3 Å². The van der Waals surface area contributed by atoms with Crippen LogP contribution in [0.25, 0.3) is 0 Å². The maximum Gasteiger partial charge on any atom is 0.215 e. The Morgan fingerprint density at radius 3 is 2.67 bits per heavy atom. The second-order valence-corrected chi connectivity index (χ2v) is 9.69. The highest BCUT2D eigenvalue weighted by Gasteiger charge is 2.45. The second-order valence-electron chi connectivity index (χ2n) is 8.44. The highest BCUT2D eigenvalue weighted by molar-refractivity contribution is 6.35. The van der Waals surface area contributed by atoms with Crippen molar-refractivity contribution in [1.29, 1.82) is 0 Å². The van der Waals surface area contributed by atoms with Crippen LogP contribution in [0.15, 0.2) is 49.1 Å². The minimum Gasteiger partial charge on any atom is -0.489 e. The Bertz CT molecular complexity index is 1080. The van der Waals surface area contributed by atoms with Crippen molar-refractivity contribution in [3.8, 4) is 5.75 Å². The number of benzene rings is 2. The summed E-state index contributed by atoms with van der Waals surface area (Å²) in [7, 11) is 4.04. The summed E-state index contributed by atoms with van der Waals surface area (Å²) in [5, 5.41) is 1.60. The Balaban J connectivity index is 1.52. The van der Waals surface area contributed by atoms with Crippen LogP contribution in [-0.2, 0) is 28.4 Å². The number of imidazole rings is 1. The lowest BCUT2D eigenvalue weighted by molar-refractivity contribution is -0.189. The maximum atomic E-state index is 6.53. The van der Waals surface area contributed by atoms with Crippen LogP contribution in [-0.4, -0.2) is 47.9 Å². The van der Waals surface area contributed by atoms with Crippen LogP contribution in [0, 0.1) is 6.92 Å². The number of hydrogen-bond donors (Lipinski definition) is 0. The van der Waals surface area contributed by atoms with Crippen LogP contribution >= 0.6 is 34.8 Å². The van der Waals surface area contributed by atoms with E-state index in [0.29, 0.717) is 39.5 Å². The molecule has 3 aromatic rings. The van der Waals surface area contributed by atoms with E-state index in [2.05, 4.69) is 16.0 Å². The van der Waals surface area contributed by atoms with Crippen molar-refractivity contribution in [3.05, 3.63) is 80.8 Å². The summed E-state index contributed by atoms with van der Waals surface area (Å²) in [6, 6.07) is 9.31. The average molecular weight is 511 g/mol. The predicted molar refractivity (Wildman–Crippen MR) is 130 cm³/mol. The standard InChI is InChI=1S/C24H26Cl3N3O3/c1-16-8-17(11-29(2)3)9-22(27)23(16)31-12-19-13-32-24(33-19,14-30-7-6-28-15-30)20-5-4-18(25)10-21(20)26/h4-10,15,19H,11-14H2,1-3H3. The molecule has 2 atom stereocenters. The van der Waals surface area contributed by atoms with Gasteiger partial charge in [0.2, 0.25) is 5.79 Å². The minimum atomic E-state index is -1.09. The Hall–Kier alpha value is -1.80. The van der Waals surface area contributed by atoms with Crippen LogP contribution in [0.5, 0.6) is 5.75 Å². The largest absolute Gasteiger partial charge is 0.489 e. The zero-order valence-electron chi connectivity index (χ0n) is 18.7. The quantitative estimate of drug-likeness (QED) is 0.397. The molecular weight excluding hydrogens is 485 g/mol. The average Bonchev–Trinajstić information content (AvgIpc) is 3.37. The molecule has 1 aliphatic heterocycles. The molecule has 2 unspecified atom stereocenters. The first-order valence-electron chi connectivity index (χ1n) is 10.6. The van der Waals surface area contributed by atoms with Gasteiger partial charge in [-0.05, 0) is 50.3 Å². The lowest BCUT2D eigenvalue weighted by Gasteiger charge is -2.30. The molecule has 1 aromatic heterocycles. The van der Waals surface area contributed by atoms with E-state index in [-0.39, 0.29) is 12.7 Å². The molecule has 0 bridgehead atoms. The molecule has 0 spiro atoms. The third kappa shape index (κ3) is 5.65. The van der Waals surface area contributed by atoms with Crippen molar-refractivity contribution in [3.63, 3.8) is 0 Å². The number of nitrogens with zero attached hydrogens (tertiary/aromatic N) is 3. The first kappa shape index (κ1) is 24.3. The van der Waals surface area contributed by atoms with Crippen LogP contribution < -0.4 is 4.74 Å². The van der Waals surface area contributed by atoms with Gasteiger partial charge < -0.3 is 23.7 Å². The molecule has 1 aliphatic rings. The van der Waals surface area contributed by atoms with Gasteiger partial charge in [-0.15, -0.1) is 0 Å². The van der Waals surface area contributed by atoms with Crippen LogP contribution in [0.4, 0.5) is 0 Å². The predicted octanol–water partition coefficient (Wildman–Crippen LogP) is 5.56. The fourth-order valence-electron chi connectivity index (χ4n) is 3.99. The van der Waals surface area contributed by atoms with Gasteiger partial charge in [-0.1, -0.05) is 46.9 Å². The molecular formula is C24H26Cl3N3O3. The van der Waals surface area contributed by atoms with Crippen LogP contribution in [0.1, 0.15) is 16.7 Å². The van der Waals surface area contributed by atoms with E-state index >= 15 is 0 Å². The Morgan fingerprint density at radius 1 is 1.18 bits per heavy atom. The summed E-state index contributed by atoms with van der Waals surface area (Å²) in [5.41, 5.74) is 2.81. The molecule has 9 heteroatoms. The van der Waals surface area contributed by atoms with E-state index in [1.165, 1.54) is 0 Å². The molecule has 6 nitrogen and oxygen atoms in total. The first-order chi connectivity index (χ1) is 15.8. The molecule has 2 aromatic carbocycles. The number of hydrogen-bond acceptors (Lipinski definition) is 5. The zero-order chi connectivity index (χ0) is 23.6. The lowest BCUT2D eigenvalue weighted by atomic mass is 10.1. The Labute approximate surface area is 208 Å². The fourth-order valence-corrected chi connectivity index (χ4v) is 4.89. The lowest BCUT2D eigenvalue weighted by Crippen LogP contribution is -2.34. The number of aryl methyl sites for hydroxylation is 1. The molecule has 1 fully saturated rings. The van der Waals surface area contributed by atoms with E-state index in [0.717, 1.165) is 17.7 Å². The zero-order valence-corrected chi connectivity index (χ0v) is 21.0. The van der Waals surface area contributed by atoms with Gasteiger partial charge in [0, 0.05) is 29.5 Å². The molecule has 0 aliphatic carbocycles. The first-order valence-corrected chi connectivity index (χ1v) is 11.7. The number of ether oxygens (including phenoxy) is 3. The normalized spacial score (nSPS) is 20.5. The summed E-state index contributed by atoms with van der Waals surface area (Å²) in [5.74, 6) is -0.440. The number of aromatic nitrogens is 2. The van der Waals surface area contributed by atoms with Gasteiger partial charge in [-0.3, -0.25) is 0 Å². The third-order valence-corrected chi connectivity index (χ3v) is 6.18. The molecule has 1 saturated heterocycles. The highest BCUT2D eigenvalue weighted by Crippen LogP contribution is 2.41. The van der Waals surface area contributed by atoms with Crippen molar-refractivity contribution < 1.29 is 14.2 Å². The van der Waals surface area contributed by atoms with Crippen molar-refractivity contribution in [2.45, 2.75) is 31.9 Å². The van der Waals surface area contributed by atoms with E-state index in [1.54, 1.807) is 24.7 Å². The molecule has 2 heterocycles. The van der Waals surface area contributed by atoms with Crippen LogP contribution in [0.3, 0.4) is 0 Å². The van der Waals surface area contributed by atoms with Gasteiger partial charge >= 0.3 is 0 Å². The van der Waals surface area contributed by atoms with Gasteiger partial charge in [0.1, 0.15) is 18.5 Å². The van der Waals surface area contributed by atoms with E-state index < -0.39 is 5.79 Å². The smallest absolute Gasteiger partial charge is 0.215 e. The molecule has 0 N–H and O–H groups in total. The summed E-state index contributed by atoms with van der Waals surface area (Å²) < 4.78 is 20.7. The van der Waals surface area contributed by atoms with Gasteiger partial charge in [0.05, 0.1) is 29.5 Å². The summed E-state index contributed by atoms with van der Waals surface area (Å²) >= 11 is 19.2. The second kappa shape index (κ2) is 10.2. The SMILES string of the molecule is Cc1cc(CN(C)C)cc(Cl)c1OCC1COC(Cn2ccnc2)(c2ccc(Cl)cc2Cl)O1. The van der Waals surface area contributed by atoms with Gasteiger partial charge in [0.25, 0.3) is 0 Å². The molecule has 4 rings (SSSR count). The number of rotatable bonds is 8. The molecule has 0 amide bonds. The monoisotopic (exact) mass is 509 g/mol. The van der Waals surface area contributed by atoms with E-state index in [4.69, 9.17) is 49.0 Å². The molecule has 0 saturated carbocycles. The highest BCUT2D eigenvalue weighted by atomic mass is 35.5. The van der Waals surface area contributed by atoms with Crippen molar-refractivity contribution in [2.24, 2.45) is 0 Å². The van der Waals surface area contributed by atoms with Crippen molar-refractivity contribution >= 4 is 34.8 Å². The van der Waals surface area contributed by atoms with Crippen molar-refractivity contribution in [1.82, 2.24) is 14.5 Å².